The van der Waals surface area contributed by atoms with Crippen LogP contribution in [0.3, 0.4) is 0 Å². The van der Waals surface area contributed by atoms with E-state index in [1.807, 2.05) is 43.3 Å². The zero-order chi connectivity index (χ0) is 14.8. The molecule has 4 heteroatoms. The lowest BCUT2D eigenvalue weighted by atomic mass is 10.00. The van der Waals surface area contributed by atoms with Gasteiger partial charge in [0.25, 0.3) is 0 Å². The number of aryl methyl sites for hydroxylation is 1. The third-order valence-electron chi connectivity index (χ3n) is 3.79. The average molecular weight is 277 g/mol. The van der Waals surface area contributed by atoms with Crippen LogP contribution in [0.15, 0.2) is 42.5 Å². The van der Waals surface area contributed by atoms with Gasteiger partial charge in [-0.05, 0) is 30.2 Å². The summed E-state index contributed by atoms with van der Waals surface area (Å²) in [6.45, 7) is 2.44. The highest BCUT2D eigenvalue weighted by Crippen LogP contribution is 2.32. The summed E-state index contributed by atoms with van der Waals surface area (Å²) in [7, 11) is 0. The van der Waals surface area contributed by atoms with Gasteiger partial charge in [-0.1, -0.05) is 30.3 Å². The number of fused-ring (bicyclic) bond motifs is 1. The Balaban J connectivity index is 1.86. The quantitative estimate of drug-likeness (QED) is 0.886. The molecule has 21 heavy (non-hydrogen) atoms. The molecule has 0 aromatic heterocycles. The molecule has 1 amide bonds. The van der Waals surface area contributed by atoms with E-state index in [9.17, 15) is 10.1 Å². The summed E-state index contributed by atoms with van der Waals surface area (Å²) in [4.78, 5) is 12.5. The normalized spacial score (nSPS) is 15.7. The van der Waals surface area contributed by atoms with Gasteiger partial charge in [-0.3, -0.25) is 4.79 Å². The molecule has 2 N–H and O–H groups in total. The van der Waals surface area contributed by atoms with Gasteiger partial charge in [0.2, 0.25) is 5.91 Å². The number of para-hydroxylation sites is 1. The topological polar surface area (TPSA) is 64.9 Å². The Hall–Kier alpha value is -2.80. The lowest BCUT2D eigenvalue weighted by molar-refractivity contribution is -0.117. The largest absolute Gasteiger partial charge is 0.384 e. The van der Waals surface area contributed by atoms with Crippen LogP contribution in [-0.2, 0) is 4.79 Å². The Bertz CT molecular complexity index is 746. The molecule has 2 aromatic rings. The van der Waals surface area contributed by atoms with E-state index in [4.69, 9.17) is 0 Å². The van der Waals surface area contributed by atoms with Gasteiger partial charge in [0.15, 0.2) is 0 Å². The molecule has 0 bridgehead atoms. The first-order valence-electron chi connectivity index (χ1n) is 6.84. The summed E-state index contributed by atoms with van der Waals surface area (Å²) >= 11 is 0. The molecule has 104 valence electrons. The average Bonchev–Trinajstić information content (AvgIpc) is 2.91. The predicted molar refractivity (Wildman–Crippen MR) is 82.2 cm³/mol. The van der Waals surface area contributed by atoms with E-state index in [0.717, 1.165) is 16.8 Å². The number of carbonyl (C=O) groups excluding carboxylic acids is 1. The van der Waals surface area contributed by atoms with Gasteiger partial charge in [0.1, 0.15) is 6.07 Å². The van der Waals surface area contributed by atoms with Crippen LogP contribution in [0, 0.1) is 18.3 Å². The number of rotatable bonds is 2. The fraction of sp³-hybridized carbons (Fsp3) is 0.176. The van der Waals surface area contributed by atoms with Crippen LogP contribution in [0.4, 0.5) is 11.4 Å². The zero-order valence-electron chi connectivity index (χ0n) is 11.7. The van der Waals surface area contributed by atoms with Gasteiger partial charge in [-0.25, -0.2) is 0 Å². The van der Waals surface area contributed by atoms with E-state index in [2.05, 4.69) is 16.7 Å². The number of nitrogens with one attached hydrogen (secondary N) is 2. The summed E-state index contributed by atoms with van der Waals surface area (Å²) in [6, 6.07) is 15.4. The van der Waals surface area contributed by atoms with Crippen LogP contribution in [0.2, 0.25) is 0 Å². The zero-order valence-corrected chi connectivity index (χ0v) is 11.7. The fourth-order valence-corrected chi connectivity index (χ4v) is 2.66. The summed E-state index contributed by atoms with van der Waals surface area (Å²) in [5, 5.41) is 15.3. The SMILES string of the molecule is Cc1cccc(NC(=O)C2CNc3ccccc32)c1C#N. The van der Waals surface area contributed by atoms with E-state index in [1.165, 1.54) is 0 Å². The van der Waals surface area contributed by atoms with Crippen molar-refractivity contribution >= 4 is 17.3 Å². The third kappa shape index (κ3) is 2.34. The maximum Gasteiger partial charge on any atom is 0.233 e. The van der Waals surface area contributed by atoms with E-state index < -0.39 is 0 Å². The second-order valence-electron chi connectivity index (χ2n) is 5.12. The maximum absolute atomic E-state index is 12.5. The van der Waals surface area contributed by atoms with Crippen LogP contribution >= 0.6 is 0 Å². The van der Waals surface area contributed by atoms with E-state index >= 15 is 0 Å². The van der Waals surface area contributed by atoms with Crippen molar-refractivity contribution in [2.24, 2.45) is 0 Å². The smallest absolute Gasteiger partial charge is 0.233 e. The van der Waals surface area contributed by atoms with Gasteiger partial charge in [0, 0.05) is 12.2 Å². The number of amides is 1. The Morgan fingerprint density at radius 2 is 2.10 bits per heavy atom. The number of nitriles is 1. The van der Waals surface area contributed by atoms with Crippen molar-refractivity contribution in [2.45, 2.75) is 12.8 Å². The van der Waals surface area contributed by atoms with E-state index in [-0.39, 0.29) is 11.8 Å². The number of anilines is 2. The van der Waals surface area contributed by atoms with Crippen molar-refractivity contribution < 1.29 is 4.79 Å². The molecule has 1 aliphatic heterocycles. The highest BCUT2D eigenvalue weighted by atomic mass is 16.1. The number of hydrogen-bond acceptors (Lipinski definition) is 3. The van der Waals surface area contributed by atoms with Gasteiger partial charge in [0.05, 0.1) is 17.2 Å². The van der Waals surface area contributed by atoms with Crippen molar-refractivity contribution in [1.82, 2.24) is 0 Å². The standard InChI is InChI=1S/C17H15N3O/c1-11-5-4-8-16(13(11)9-18)20-17(21)14-10-19-15-7-3-2-6-12(14)15/h2-8,14,19H,10H2,1H3,(H,20,21). The first-order valence-corrected chi connectivity index (χ1v) is 6.84. The van der Waals surface area contributed by atoms with Crippen LogP contribution < -0.4 is 10.6 Å². The molecule has 0 saturated heterocycles. The van der Waals surface area contributed by atoms with Gasteiger partial charge < -0.3 is 10.6 Å². The second kappa shape index (κ2) is 5.29. The number of carbonyl (C=O) groups is 1. The van der Waals surface area contributed by atoms with Gasteiger partial charge >= 0.3 is 0 Å². The summed E-state index contributed by atoms with van der Waals surface area (Å²) in [5.74, 6) is -0.317. The number of nitrogens with zero attached hydrogens (tertiary/aromatic N) is 1. The van der Waals surface area contributed by atoms with Crippen LogP contribution in [-0.4, -0.2) is 12.5 Å². The first-order chi connectivity index (χ1) is 10.2. The lowest BCUT2D eigenvalue weighted by Gasteiger charge is -2.13. The third-order valence-corrected chi connectivity index (χ3v) is 3.79. The molecule has 0 radical (unpaired) electrons. The summed E-state index contributed by atoms with van der Waals surface area (Å²) < 4.78 is 0. The summed E-state index contributed by atoms with van der Waals surface area (Å²) in [6.07, 6.45) is 0. The Morgan fingerprint density at radius 3 is 2.90 bits per heavy atom. The molecule has 0 aliphatic carbocycles. The van der Waals surface area contributed by atoms with Crippen LogP contribution in [0.25, 0.3) is 0 Å². The van der Waals surface area contributed by atoms with E-state index in [0.29, 0.717) is 17.8 Å². The highest BCUT2D eigenvalue weighted by molar-refractivity contribution is 5.99. The van der Waals surface area contributed by atoms with E-state index in [1.54, 1.807) is 6.07 Å². The molecule has 2 aromatic carbocycles. The van der Waals surface area contributed by atoms with Crippen molar-refractivity contribution in [3.63, 3.8) is 0 Å². The molecule has 0 saturated carbocycles. The summed E-state index contributed by atoms with van der Waals surface area (Å²) in [5.41, 5.74) is 3.96. The molecular weight excluding hydrogens is 262 g/mol. The van der Waals surface area contributed by atoms with Gasteiger partial charge in [-0.15, -0.1) is 0 Å². The fourth-order valence-electron chi connectivity index (χ4n) is 2.66. The minimum Gasteiger partial charge on any atom is -0.384 e. The van der Waals surface area contributed by atoms with Crippen molar-refractivity contribution in [3.8, 4) is 6.07 Å². The Kier molecular flexibility index (Phi) is 3.33. The van der Waals surface area contributed by atoms with Crippen LogP contribution in [0.1, 0.15) is 22.6 Å². The molecule has 1 unspecified atom stereocenters. The molecule has 4 nitrogen and oxygen atoms in total. The number of benzene rings is 2. The predicted octanol–water partition coefficient (Wildman–Crippen LogP) is 3.01. The minimum atomic E-state index is -0.228. The minimum absolute atomic E-state index is 0.0884. The second-order valence-corrected chi connectivity index (χ2v) is 5.12. The Morgan fingerprint density at radius 1 is 1.29 bits per heavy atom. The molecule has 1 aliphatic rings. The van der Waals surface area contributed by atoms with Crippen molar-refractivity contribution in [1.29, 1.82) is 5.26 Å². The molecular formula is C17H15N3O. The molecule has 0 fully saturated rings. The first kappa shape index (κ1) is 13.2. The lowest BCUT2D eigenvalue weighted by Crippen LogP contribution is -2.23. The van der Waals surface area contributed by atoms with Gasteiger partial charge in [-0.2, -0.15) is 5.26 Å². The molecule has 3 rings (SSSR count). The van der Waals surface area contributed by atoms with Crippen molar-refractivity contribution in [3.05, 3.63) is 59.2 Å². The highest BCUT2D eigenvalue weighted by Gasteiger charge is 2.28. The Labute approximate surface area is 123 Å². The monoisotopic (exact) mass is 277 g/mol. The molecule has 1 heterocycles. The molecule has 1 atom stereocenters. The number of hydrogen-bond donors (Lipinski definition) is 2. The molecule has 0 spiro atoms. The maximum atomic E-state index is 12.5. The van der Waals surface area contributed by atoms with Crippen molar-refractivity contribution in [2.75, 3.05) is 17.2 Å². The van der Waals surface area contributed by atoms with Crippen LogP contribution in [0.5, 0.6) is 0 Å².